The van der Waals surface area contributed by atoms with Gasteiger partial charge in [-0.05, 0) is 24.3 Å². The zero-order chi connectivity index (χ0) is 14.5. The summed E-state index contributed by atoms with van der Waals surface area (Å²) in [4.78, 5) is 17.8. The second-order valence-electron chi connectivity index (χ2n) is 5.56. The lowest BCUT2D eigenvalue weighted by Crippen LogP contribution is -2.46. The molecule has 1 atom stereocenters. The standard InChI is InChI=1S/C15H23N3O2S/c19-15(18-5-1-2-6-18)16-12-13(14-4-3-11-21-14)17-7-9-20-10-8-17/h3-4,11,13H,1-2,5-10,12H2,(H,16,19)/t13-/m1/s1. The van der Waals surface area contributed by atoms with Gasteiger partial charge in [-0.25, -0.2) is 4.79 Å². The van der Waals surface area contributed by atoms with Crippen molar-refractivity contribution in [3.8, 4) is 0 Å². The number of hydrogen-bond donors (Lipinski definition) is 1. The first-order chi connectivity index (χ1) is 10.3. The van der Waals surface area contributed by atoms with E-state index in [0.717, 1.165) is 52.2 Å². The quantitative estimate of drug-likeness (QED) is 0.924. The molecule has 3 heterocycles. The van der Waals surface area contributed by atoms with Crippen molar-refractivity contribution in [3.63, 3.8) is 0 Å². The third-order valence-electron chi connectivity index (χ3n) is 4.20. The smallest absolute Gasteiger partial charge is 0.317 e. The number of amides is 2. The molecule has 2 aliphatic heterocycles. The van der Waals surface area contributed by atoms with Crippen molar-refractivity contribution >= 4 is 17.4 Å². The maximum Gasteiger partial charge on any atom is 0.317 e. The number of carbonyl (C=O) groups excluding carboxylic acids is 1. The molecular formula is C15H23N3O2S. The van der Waals surface area contributed by atoms with Gasteiger partial charge in [0, 0.05) is 37.6 Å². The van der Waals surface area contributed by atoms with Crippen molar-refractivity contribution < 1.29 is 9.53 Å². The summed E-state index contributed by atoms with van der Waals surface area (Å²) in [6.07, 6.45) is 2.26. The van der Waals surface area contributed by atoms with Gasteiger partial charge in [-0.2, -0.15) is 0 Å². The highest BCUT2D eigenvalue weighted by atomic mass is 32.1. The lowest BCUT2D eigenvalue weighted by atomic mass is 10.2. The van der Waals surface area contributed by atoms with E-state index in [1.54, 1.807) is 11.3 Å². The fourth-order valence-electron chi connectivity index (χ4n) is 3.00. The van der Waals surface area contributed by atoms with Crippen molar-refractivity contribution in [3.05, 3.63) is 22.4 Å². The summed E-state index contributed by atoms with van der Waals surface area (Å²) in [5, 5.41) is 5.22. The van der Waals surface area contributed by atoms with Crippen LogP contribution in [-0.4, -0.2) is 61.8 Å². The fraction of sp³-hybridized carbons (Fsp3) is 0.667. The summed E-state index contributed by atoms with van der Waals surface area (Å²) in [6, 6.07) is 4.59. The molecule has 0 bridgehead atoms. The molecule has 0 spiro atoms. The molecule has 1 N–H and O–H groups in total. The van der Waals surface area contributed by atoms with Crippen LogP contribution in [0.4, 0.5) is 4.79 Å². The molecule has 6 heteroatoms. The first kappa shape index (κ1) is 14.8. The molecule has 1 aromatic heterocycles. The van der Waals surface area contributed by atoms with E-state index in [1.165, 1.54) is 4.88 Å². The monoisotopic (exact) mass is 309 g/mol. The SMILES string of the molecule is O=C(NC[C@H](c1cccs1)N1CCOCC1)N1CCCC1. The number of urea groups is 1. The topological polar surface area (TPSA) is 44.8 Å². The highest BCUT2D eigenvalue weighted by Crippen LogP contribution is 2.25. The van der Waals surface area contributed by atoms with Crippen molar-refractivity contribution in [2.45, 2.75) is 18.9 Å². The molecule has 116 valence electrons. The van der Waals surface area contributed by atoms with Crippen molar-refractivity contribution in [1.29, 1.82) is 0 Å². The van der Waals surface area contributed by atoms with Crippen molar-refractivity contribution in [1.82, 2.24) is 15.1 Å². The van der Waals surface area contributed by atoms with Crippen LogP contribution < -0.4 is 5.32 Å². The molecule has 0 aromatic carbocycles. The second kappa shape index (κ2) is 7.24. The van der Waals surface area contributed by atoms with E-state index in [2.05, 4.69) is 27.7 Å². The summed E-state index contributed by atoms with van der Waals surface area (Å²) in [6.45, 7) is 5.89. The van der Waals surface area contributed by atoms with Crippen LogP contribution in [0.15, 0.2) is 17.5 Å². The number of morpholine rings is 1. The molecule has 2 saturated heterocycles. The molecule has 3 rings (SSSR count). The number of ether oxygens (including phenoxy) is 1. The zero-order valence-corrected chi connectivity index (χ0v) is 13.1. The van der Waals surface area contributed by atoms with Gasteiger partial charge in [-0.3, -0.25) is 4.90 Å². The van der Waals surface area contributed by atoms with E-state index >= 15 is 0 Å². The van der Waals surface area contributed by atoms with Crippen LogP contribution in [-0.2, 0) is 4.74 Å². The molecule has 5 nitrogen and oxygen atoms in total. The van der Waals surface area contributed by atoms with Crippen LogP contribution in [0.5, 0.6) is 0 Å². The van der Waals surface area contributed by atoms with E-state index in [-0.39, 0.29) is 12.1 Å². The molecule has 1 aromatic rings. The van der Waals surface area contributed by atoms with Crippen LogP contribution >= 0.6 is 11.3 Å². The Kier molecular flexibility index (Phi) is 5.11. The number of carbonyl (C=O) groups is 1. The average molecular weight is 309 g/mol. The van der Waals surface area contributed by atoms with Gasteiger partial charge < -0.3 is 15.0 Å². The van der Waals surface area contributed by atoms with E-state index < -0.39 is 0 Å². The van der Waals surface area contributed by atoms with E-state index in [1.807, 2.05) is 4.90 Å². The fourth-order valence-corrected chi connectivity index (χ4v) is 3.86. The molecule has 0 aliphatic carbocycles. The summed E-state index contributed by atoms with van der Waals surface area (Å²) in [5.74, 6) is 0. The lowest BCUT2D eigenvalue weighted by Gasteiger charge is -2.34. The van der Waals surface area contributed by atoms with Gasteiger partial charge in [-0.15, -0.1) is 11.3 Å². The van der Waals surface area contributed by atoms with E-state index in [0.29, 0.717) is 6.54 Å². The molecule has 0 saturated carbocycles. The van der Waals surface area contributed by atoms with Gasteiger partial charge in [0.2, 0.25) is 0 Å². The Bertz CT molecular complexity index is 440. The summed E-state index contributed by atoms with van der Waals surface area (Å²) >= 11 is 1.76. The van der Waals surface area contributed by atoms with E-state index in [9.17, 15) is 4.79 Å². The van der Waals surface area contributed by atoms with Gasteiger partial charge >= 0.3 is 6.03 Å². The number of thiophene rings is 1. The second-order valence-corrected chi connectivity index (χ2v) is 6.54. The highest BCUT2D eigenvalue weighted by Gasteiger charge is 2.25. The van der Waals surface area contributed by atoms with Crippen LogP contribution in [0.2, 0.25) is 0 Å². The van der Waals surface area contributed by atoms with Crippen molar-refractivity contribution in [2.24, 2.45) is 0 Å². The lowest BCUT2D eigenvalue weighted by molar-refractivity contribution is 0.0172. The van der Waals surface area contributed by atoms with Crippen LogP contribution in [0.25, 0.3) is 0 Å². The average Bonchev–Trinajstić information content (AvgIpc) is 3.22. The molecule has 2 aliphatic rings. The largest absolute Gasteiger partial charge is 0.379 e. The van der Waals surface area contributed by atoms with Gasteiger partial charge in [0.25, 0.3) is 0 Å². The van der Waals surface area contributed by atoms with Crippen molar-refractivity contribution in [2.75, 3.05) is 45.9 Å². The third-order valence-corrected chi connectivity index (χ3v) is 5.17. The van der Waals surface area contributed by atoms with Gasteiger partial charge in [0.15, 0.2) is 0 Å². The first-order valence-corrected chi connectivity index (χ1v) is 8.60. The highest BCUT2D eigenvalue weighted by molar-refractivity contribution is 7.10. The Morgan fingerprint density at radius 1 is 1.29 bits per heavy atom. The van der Waals surface area contributed by atoms with Gasteiger partial charge in [0.1, 0.15) is 0 Å². The summed E-state index contributed by atoms with van der Waals surface area (Å²) in [7, 11) is 0. The Morgan fingerprint density at radius 2 is 2.05 bits per heavy atom. The number of nitrogens with zero attached hydrogens (tertiary/aromatic N) is 2. The predicted octanol–water partition coefficient (Wildman–Crippen LogP) is 1.93. The maximum absolute atomic E-state index is 12.2. The molecule has 2 fully saturated rings. The summed E-state index contributed by atoms with van der Waals surface area (Å²) < 4.78 is 5.44. The Labute approximate surface area is 129 Å². The van der Waals surface area contributed by atoms with Gasteiger partial charge in [-0.1, -0.05) is 6.07 Å². The summed E-state index contributed by atoms with van der Waals surface area (Å²) in [5.41, 5.74) is 0. The molecule has 2 amide bonds. The minimum atomic E-state index is 0.0855. The number of hydrogen-bond acceptors (Lipinski definition) is 4. The minimum Gasteiger partial charge on any atom is -0.379 e. The normalized spacial score (nSPS) is 21.4. The van der Waals surface area contributed by atoms with Crippen LogP contribution in [0.1, 0.15) is 23.8 Å². The molecule has 21 heavy (non-hydrogen) atoms. The van der Waals surface area contributed by atoms with E-state index in [4.69, 9.17) is 4.74 Å². The number of nitrogens with one attached hydrogen (secondary N) is 1. The van der Waals surface area contributed by atoms with Crippen LogP contribution in [0.3, 0.4) is 0 Å². The first-order valence-electron chi connectivity index (χ1n) is 7.72. The number of rotatable bonds is 4. The zero-order valence-electron chi connectivity index (χ0n) is 12.3. The Balaban J connectivity index is 1.60. The predicted molar refractivity (Wildman–Crippen MR) is 83.7 cm³/mol. The molecule has 0 unspecified atom stereocenters. The minimum absolute atomic E-state index is 0.0855. The maximum atomic E-state index is 12.2. The molecular weight excluding hydrogens is 286 g/mol. The van der Waals surface area contributed by atoms with Crippen LogP contribution in [0, 0.1) is 0 Å². The Morgan fingerprint density at radius 3 is 2.71 bits per heavy atom. The third kappa shape index (κ3) is 3.75. The number of likely N-dealkylation sites (tertiary alicyclic amines) is 1. The van der Waals surface area contributed by atoms with Gasteiger partial charge in [0.05, 0.1) is 19.3 Å². The molecule has 0 radical (unpaired) electrons. The Hall–Kier alpha value is -1.11.